The van der Waals surface area contributed by atoms with Crippen molar-refractivity contribution in [3.05, 3.63) is 12.4 Å². The van der Waals surface area contributed by atoms with E-state index in [0.717, 1.165) is 18.9 Å². The highest BCUT2D eigenvalue weighted by molar-refractivity contribution is 5.43. The van der Waals surface area contributed by atoms with E-state index in [9.17, 15) is 0 Å². The lowest BCUT2D eigenvalue weighted by molar-refractivity contribution is 0.217. The highest BCUT2D eigenvalue weighted by atomic mass is 15.1. The Morgan fingerprint density at radius 3 is 3.19 bits per heavy atom. The van der Waals surface area contributed by atoms with Crippen LogP contribution in [-0.4, -0.2) is 41.5 Å². The molecule has 3 N–H and O–H groups in total. The number of nitrogens with two attached hydrogens (primary N) is 1. The van der Waals surface area contributed by atoms with Gasteiger partial charge in [0, 0.05) is 19.2 Å². The van der Waals surface area contributed by atoms with Gasteiger partial charge in [0.15, 0.2) is 0 Å². The van der Waals surface area contributed by atoms with Crippen LogP contribution in [-0.2, 0) is 0 Å². The van der Waals surface area contributed by atoms with Gasteiger partial charge in [0.05, 0.1) is 0 Å². The average Bonchev–Trinajstić information content (AvgIpc) is 2.27. The van der Waals surface area contributed by atoms with Gasteiger partial charge in [-0.05, 0) is 32.4 Å². The van der Waals surface area contributed by atoms with Crippen LogP contribution in [0.5, 0.6) is 0 Å². The molecule has 2 rings (SSSR count). The van der Waals surface area contributed by atoms with Crippen LogP contribution in [0, 0.1) is 5.92 Å². The number of piperidine rings is 1. The molecule has 1 aliphatic rings. The van der Waals surface area contributed by atoms with Crippen LogP contribution in [0.3, 0.4) is 0 Å². The maximum absolute atomic E-state index is 5.59. The summed E-state index contributed by atoms with van der Waals surface area (Å²) in [5.41, 5.74) is 5.59. The lowest BCUT2D eigenvalue weighted by Crippen LogP contribution is -2.35. The molecular formula is C11H19N5. The van der Waals surface area contributed by atoms with Gasteiger partial charge in [-0.3, -0.25) is 0 Å². The number of anilines is 2. The number of hydrogen-bond donors (Lipinski definition) is 2. The molecule has 1 aliphatic heterocycles. The third-order valence-electron chi connectivity index (χ3n) is 2.98. The minimum atomic E-state index is 0.512. The molecule has 2 heterocycles. The van der Waals surface area contributed by atoms with Gasteiger partial charge in [0.25, 0.3) is 0 Å². The summed E-state index contributed by atoms with van der Waals surface area (Å²) >= 11 is 0. The second-order valence-electron chi connectivity index (χ2n) is 4.48. The van der Waals surface area contributed by atoms with E-state index in [4.69, 9.17) is 5.73 Å². The molecule has 0 spiro atoms. The molecule has 1 aromatic rings. The van der Waals surface area contributed by atoms with Crippen molar-refractivity contribution in [2.24, 2.45) is 5.92 Å². The van der Waals surface area contributed by atoms with Crippen molar-refractivity contribution < 1.29 is 0 Å². The normalized spacial score (nSPS) is 21.9. The quantitative estimate of drug-likeness (QED) is 0.790. The van der Waals surface area contributed by atoms with Crippen LogP contribution in [0.4, 0.5) is 11.6 Å². The second kappa shape index (κ2) is 5.12. The molecular weight excluding hydrogens is 202 g/mol. The molecule has 1 unspecified atom stereocenters. The van der Waals surface area contributed by atoms with Crippen LogP contribution < -0.4 is 11.1 Å². The first-order chi connectivity index (χ1) is 7.74. The fraction of sp³-hybridized carbons (Fsp3) is 0.636. The minimum absolute atomic E-state index is 0.512. The molecule has 1 saturated heterocycles. The zero-order chi connectivity index (χ0) is 11.4. The summed E-state index contributed by atoms with van der Waals surface area (Å²) in [5.74, 6) is 2.04. The van der Waals surface area contributed by atoms with Crippen molar-refractivity contribution >= 4 is 11.6 Å². The highest BCUT2D eigenvalue weighted by Crippen LogP contribution is 2.15. The van der Waals surface area contributed by atoms with E-state index in [1.807, 2.05) is 0 Å². The maximum atomic E-state index is 5.59. The van der Waals surface area contributed by atoms with Crippen LogP contribution >= 0.6 is 0 Å². The lowest BCUT2D eigenvalue weighted by atomic mass is 9.98. The van der Waals surface area contributed by atoms with E-state index >= 15 is 0 Å². The van der Waals surface area contributed by atoms with Crippen LogP contribution in [0.2, 0.25) is 0 Å². The predicted octanol–water partition coefficient (Wildman–Crippen LogP) is 0.812. The molecule has 5 heteroatoms. The number of nitrogens with zero attached hydrogens (tertiary/aromatic N) is 3. The molecule has 0 amide bonds. The summed E-state index contributed by atoms with van der Waals surface area (Å²) in [6, 6.07) is 1.77. The maximum Gasteiger partial charge on any atom is 0.131 e. The number of hydrogen-bond acceptors (Lipinski definition) is 5. The Hall–Kier alpha value is -1.36. The van der Waals surface area contributed by atoms with Crippen LogP contribution in [0.1, 0.15) is 12.8 Å². The SMILES string of the molecule is CN1CCCC(CNc2cc(N)ncn2)C1. The van der Waals surface area contributed by atoms with Gasteiger partial charge in [-0.15, -0.1) is 0 Å². The van der Waals surface area contributed by atoms with Crippen LogP contribution in [0.15, 0.2) is 12.4 Å². The molecule has 5 nitrogen and oxygen atoms in total. The molecule has 0 aliphatic carbocycles. The van der Waals surface area contributed by atoms with Gasteiger partial charge in [0.2, 0.25) is 0 Å². The molecule has 16 heavy (non-hydrogen) atoms. The summed E-state index contributed by atoms with van der Waals surface area (Å²) < 4.78 is 0. The Kier molecular flexibility index (Phi) is 3.56. The molecule has 0 radical (unpaired) electrons. The van der Waals surface area contributed by atoms with Gasteiger partial charge < -0.3 is 16.0 Å². The number of likely N-dealkylation sites (tertiary alicyclic amines) is 1. The van der Waals surface area contributed by atoms with E-state index in [-0.39, 0.29) is 0 Å². The Bertz CT molecular complexity index is 341. The zero-order valence-corrected chi connectivity index (χ0v) is 9.69. The Balaban J connectivity index is 1.82. The molecule has 1 fully saturated rings. The van der Waals surface area contributed by atoms with Crippen molar-refractivity contribution in [1.29, 1.82) is 0 Å². The number of rotatable bonds is 3. The summed E-state index contributed by atoms with van der Waals surface area (Å²) in [4.78, 5) is 10.4. The summed E-state index contributed by atoms with van der Waals surface area (Å²) in [6.45, 7) is 3.34. The number of aromatic nitrogens is 2. The van der Waals surface area contributed by atoms with Gasteiger partial charge in [-0.25, -0.2) is 9.97 Å². The molecule has 1 atom stereocenters. The van der Waals surface area contributed by atoms with E-state index < -0.39 is 0 Å². The average molecular weight is 221 g/mol. The molecule has 0 saturated carbocycles. The van der Waals surface area contributed by atoms with Gasteiger partial charge in [-0.2, -0.15) is 0 Å². The first-order valence-electron chi connectivity index (χ1n) is 5.74. The molecule has 1 aromatic heterocycles. The topological polar surface area (TPSA) is 67.1 Å². The molecule has 0 aromatic carbocycles. The minimum Gasteiger partial charge on any atom is -0.384 e. The van der Waals surface area contributed by atoms with Gasteiger partial charge >= 0.3 is 0 Å². The van der Waals surface area contributed by atoms with Crippen molar-refractivity contribution in [2.75, 3.05) is 37.7 Å². The Morgan fingerprint density at radius 2 is 2.44 bits per heavy atom. The summed E-state index contributed by atoms with van der Waals surface area (Å²) in [6.07, 6.45) is 4.07. The highest BCUT2D eigenvalue weighted by Gasteiger charge is 2.16. The summed E-state index contributed by atoms with van der Waals surface area (Å²) in [5, 5.41) is 3.32. The largest absolute Gasteiger partial charge is 0.384 e. The fourth-order valence-electron chi connectivity index (χ4n) is 2.16. The Morgan fingerprint density at radius 1 is 1.56 bits per heavy atom. The number of nitrogens with one attached hydrogen (secondary N) is 1. The smallest absolute Gasteiger partial charge is 0.131 e. The second-order valence-corrected chi connectivity index (χ2v) is 4.48. The first kappa shape index (κ1) is 11.1. The number of nitrogen functional groups attached to an aromatic ring is 1. The monoisotopic (exact) mass is 221 g/mol. The van der Waals surface area contributed by atoms with Crippen LogP contribution in [0.25, 0.3) is 0 Å². The fourth-order valence-corrected chi connectivity index (χ4v) is 2.16. The first-order valence-corrected chi connectivity index (χ1v) is 5.74. The van der Waals surface area contributed by atoms with E-state index in [2.05, 4.69) is 27.2 Å². The molecule has 88 valence electrons. The van der Waals surface area contributed by atoms with E-state index in [1.54, 1.807) is 6.07 Å². The van der Waals surface area contributed by atoms with Crippen molar-refractivity contribution in [1.82, 2.24) is 14.9 Å². The van der Waals surface area contributed by atoms with E-state index in [0.29, 0.717) is 11.7 Å². The standard InChI is InChI=1S/C11H19N5/c1-16-4-2-3-9(7-16)6-13-11-5-10(12)14-8-15-11/h5,8-9H,2-4,6-7H2,1H3,(H3,12,13,14,15). The Labute approximate surface area is 96.1 Å². The lowest BCUT2D eigenvalue weighted by Gasteiger charge is -2.29. The van der Waals surface area contributed by atoms with E-state index in [1.165, 1.54) is 25.7 Å². The van der Waals surface area contributed by atoms with Gasteiger partial charge in [-0.1, -0.05) is 0 Å². The molecule has 0 bridgehead atoms. The van der Waals surface area contributed by atoms with Gasteiger partial charge in [0.1, 0.15) is 18.0 Å². The predicted molar refractivity (Wildman–Crippen MR) is 65.2 cm³/mol. The zero-order valence-electron chi connectivity index (χ0n) is 9.69. The van der Waals surface area contributed by atoms with Crippen molar-refractivity contribution in [3.63, 3.8) is 0 Å². The third-order valence-corrected chi connectivity index (χ3v) is 2.98. The van der Waals surface area contributed by atoms with Crippen molar-refractivity contribution in [3.8, 4) is 0 Å². The summed E-state index contributed by atoms with van der Waals surface area (Å²) in [7, 11) is 2.18. The third kappa shape index (κ3) is 3.06. The van der Waals surface area contributed by atoms with Crippen molar-refractivity contribution in [2.45, 2.75) is 12.8 Å².